The van der Waals surface area contributed by atoms with Crippen molar-refractivity contribution in [2.75, 3.05) is 13.2 Å². The topological polar surface area (TPSA) is 98.7 Å². The number of amides is 3. The third-order valence-corrected chi connectivity index (χ3v) is 9.67. The van der Waals surface area contributed by atoms with Crippen molar-refractivity contribution < 1.29 is 19.5 Å². The molecule has 3 N–H and O–H groups in total. The van der Waals surface area contributed by atoms with Gasteiger partial charge in [0, 0.05) is 17.8 Å². The molecule has 1 spiro atoms. The van der Waals surface area contributed by atoms with Gasteiger partial charge in [0.25, 0.3) is 0 Å². The Hall–Kier alpha value is -2.06. The van der Waals surface area contributed by atoms with E-state index in [0.717, 1.165) is 18.4 Å². The van der Waals surface area contributed by atoms with Crippen molar-refractivity contribution in [3.05, 3.63) is 35.9 Å². The Bertz CT molecular complexity index is 908. The van der Waals surface area contributed by atoms with Crippen LogP contribution >= 0.6 is 11.8 Å². The summed E-state index contributed by atoms with van der Waals surface area (Å²) in [5, 5.41) is 16.1. The van der Waals surface area contributed by atoms with Crippen molar-refractivity contribution in [1.29, 1.82) is 0 Å². The Morgan fingerprint density at radius 1 is 1.18 bits per heavy atom. The molecule has 3 saturated heterocycles. The summed E-state index contributed by atoms with van der Waals surface area (Å²) in [6.45, 7) is 6.72. The van der Waals surface area contributed by atoms with Gasteiger partial charge in [-0.05, 0) is 38.2 Å². The third-order valence-electron chi connectivity index (χ3n) is 7.68. The predicted octanol–water partition coefficient (Wildman–Crippen LogP) is 2.08. The van der Waals surface area contributed by atoms with Crippen LogP contribution in [0.1, 0.15) is 52.0 Å². The average molecular weight is 474 g/mol. The number of benzene rings is 1. The van der Waals surface area contributed by atoms with Crippen LogP contribution in [-0.4, -0.2) is 62.5 Å². The second-order valence-electron chi connectivity index (χ2n) is 9.71. The minimum Gasteiger partial charge on any atom is -0.394 e. The Labute approximate surface area is 200 Å². The van der Waals surface area contributed by atoms with E-state index in [0.29, 0.717) is 25.9 Å². The zero-order chi connectivity index (χ0) is 23.8. The molecule has 0 saturated carbocycles. The van der Waals surface area contributed by atoms with Gasteiger partial charge in [-0.1, -0.05) is 44.2 Å². The summed E-state index contributed by atoms with van der Waals surface area (Å²) in [6, 6.07) is 8.53. The molecule has 4 rings (SSSR count). The Morgan fingerprint density at radius 2 is 1.91 bits per heavy atom. The highest BCUT2D eigenvalue weighted by atomic mass is 32.2. The van der Waals surface area contributed by atoms with Gasteiger partial charge in [-0.2, -0.15) is 0 Å². The molecule has 180 valence electrons. The van der Waals surface area contributed by atoms with Crippen molar-refractivity contribution >= 4 is 29.5 Å². The number of hydrogen-bond donors (Lipinski definition) is 3. The fourth-order valence-electron chi connectivity index (χ4n) is 6.11. The lowest BCUT2D eigenvalue weighted by molar-refractivity contribution is -0.143. The Kier molecular flexibility index (Phi) is 6.78. The maximum absolute atomic E-state index is 13.9. The van der Waals surface area contributed by atoms with Crippen molar-refractivity contribution in [3.8, 4) is 0 Å². The average Bonchev–Trinajstić information content (AvgIpc) is 3.39. The molecule has 0 aliphatic carbocycles. The molecule has 7 nitrogen and oxygen atoms in total. The number of carbonyl (C=O) groups excluding carboxylic acids is 3. The molecule has 2 unspecified atom stereocenters. The lowest BCUT2D eigenvalue weighted by Gasteiger charge is -2.36. The second-order valence-corrected chi connectivity index (χ2v) is 11.6. The predicted molar refractivity (Wildman–Crippen MR) is 128 cm³/mol. The molecule has 3 aliphatic rings. The summed E-state index contributed by atoms with van der Waals surface area (Å²) in [5.74, 6) is -1.47. The highest BCUT2D eigenvalue weighted by molar-refractivity contribution is 8.02. The van der Waals surface area contributed by atoms with Crippen LogP contribution in [0.2, 0.25) is 0 Å². The van der Waals surface area contributed by atoms with E-state index in [-0.39, 0.29) is 29.1 Å². The van der Waals surface area contributed by atoms with Crippen LogP contribution in [0.4, 0.5) is 0 Å². The number of aliphatic hydroxyl groups excluding tert-OH is 1. The SMILES string of the molecule is CCCNC(=O)[C@H]1[C@H]2C(=O)N([C@@H](CC)CO)C(C(=O)NCc3ccccc3)C23CC[C@]1(C)S3. The third kappa shape index (κ3) is 3.85. The minimum atomic E-state index is -0.702. The van der Waals surface area contributed by atoms with Gasteiger partial charge in [-0.15, -0.1) is 11.8 Å². The zero-order valence-corrected chi connectivity index (χ0v) is 20.5. The molecule has 0 aromatic heterocycles. The highest BCUT2D eigenvalue weighted by Crippen LogP contribution is 2.71. The summed E-state index contributed by atoms with van der Waals surface area (Å²) in [5.41, 5.74) is 0.983. The first-order chi connectivity index (χ1) is 15.8. The monoisotopic (exact) mass is 473 g/mol. The van der Waals surface area contributed by atoms with Crippen LogP contribution in [0, 0.1) is 11.8 Å². The van der Waals surface area contributed by atoms with Gasteiger partial charge in [0.05, 0.1) is 29.2 Å². The number of likely N-dealkylation sites (tertiary alicyclic amines) is 1. The van der Waals surface area contributed by atoms with Gasteiger partial charge in [-0.25, -0.2) is 0 Å². The van der Waals surface area contributed by atoms with Crippen LogP contribution in [-0.2, 0) is 20.9 Å². The van der Waals surface area contributed by atoms with Crippen LogP contribution < -0.4 is 10.6 Å². The van der Waals surface area contributed by atoms with E-state index in [1.165, 1.54) is 0 Å². The first-order valence-electron chi connectivity index (χ1n) is 12.1. The number of aliphatic hydroxyl groups is 1. The fraction of sp³-hybridized carbons (Fsp3) is 0.640. The quantitative estimate of drug-likeness (QED) is 0.510. The van der Waals surface area contributed by atoms with Gasteiger partial charge in [0.2, 0.25) is 17.7 Å². The summed E-state index contributed by atoms with van der Waals surface area (Å²) in [7, 11) is 0. The van der Waals surface area contributed by atoms with Crippen molar-refractivity contribution in [2.45, 2.75) is 74.6 Å². The van der Waals surface area contributed by atoms with Crippen molar-refractivity contribution in [2.24, 2.45) is 11.8 Å². The molecular formula is C25H35N3O4S. The molecule has 3 aliphatic heterocycles. The molecule has 3 heterocycles. The fourth-order valence-corrected chi connectivity index (χ4v) is 8.45. The number of hydrogen-bond acceptors (Lipinski definition) is 5. The molecule has 2 bridgehead atoms. The highest BCUT2D eigenvalue weighted by Gasteiger charge is 2.77. The van der Waals surface area contributed by atoms with E-state index in [9.17, 15) is 19.5 Å². The van der Waals surface area contributed by atoms with Gasteiger partial charge >= 0.3 is 0 Å². The number of nitrogens with zero attached hydrogens (tertiary/aromatic N) is 1. The van der Waals surface area contributed by atoms with Gasteiger partial charge in [-0.3, -0.25) is 14.4 Å². The lowest BCUT2D eigenvalue weighted by Crippen LogP contribution is -2.56. The number of rotatable bonds is 9. The zero-order valence-electron chi connectivity index (χ0n) is 19.7. The van der Waals surface area contributed by atoms with Crippen LogP contribution in [0.15, 0.2) is 30.3 Å². The number of fused-ring (bicyclic) bond motifs is 1. The minimum absolute atomic E-state index is 0.0888. The molecule has 3 amide bonds. The van der Waals surface area contributed by atoms with E-state index in [1.54, 1.807) is 16.7 Å². The van der Waals surface area contributed by atoms with Crippen LogP contribution in [0.25, 0.3) is 0 Å². The second kappa shape index (κ2) is 9.29. The van der Waals surface area contributed by atoms with E-state index in [2.05, 4.69) is 17.6 Å². The Morgan fingerprint density at radius 3 is 2.55 bits per heavy atom. The number of thioether (sulfide) groups is 1. The molecule has 33 heavy (non-hydrogen) atoms. The number of carbonyl (C=O) groups is 3. The van der Waals surface area contributed by atoms with Crippen molar-refractivity contribution in [1.82, 2.24) is 15.5 Å². The van der Waals surface area contributed by atoms with Crippen molar-refractivity contribution in [3.63, 3.8) is 0 Å². The Balaban J connectivity index is 1.69. The molecule has 8 heteroatoms. The molecule has 1 aromatic carbocycles. The molecule has 1 aromatic rings. The van der Waals surface area contributed by atoms with E-state index < -0.39 is 28.7 Å². The summed E-state index contributed by atoms with van der Waals surface area (Å²) in [4.78, 5) is 42.4. The lowest BCUT2D eigenvalue weighted by atomic mass is 9.66. The normalized spacial score (nSPS) is 33.2. The summed E-state index contributed by atoms with van der Waals surface area (Å²) in [6.07, 6.45) is 2.87. The van der Waals surface area contributed by atoms with Crippen LogP contribution in [0.3, 0.4) is 0 Å². The molecular weight excluding hydrogens is 438 g/mol. The maximum Gasteiger partial charge on any atom is 0.244 e. The molecule has 3 fully saturated rings. The first-order valence-corrected chi connectivity index (χ1v) is 12.9. The van der Waals surface area contributed by atoms with E-state index in [1.807, 2.05) is 44.2 Å². The summed E-state index contributed by atoms with van der Waals surface area (Å²) >= 11 is 1.66. The maximum atomic E-state index is 13.9. The standard InChI is InChI=1S/C25H35N3O4S/c1-4-13-26-21(30)18-19-23(32)28(17(5-2)15-29)20(25(19)12-11-24(18,3)33-25)22(31)27-14-16-9-7-6-8-10-16/h6-10,17-20,29H,4-5,11-15H2,1-3H3,(H,26,30)(H,27,31)/t17-,18+,19-,20?,24-,25?/m0/s1. The first kappa shape index (κ1) is 24.1. The van der Waals surface area contributed by atoms with Gasteiger partial charge < -0.3 is 20.6 Å². The van der Waals surface area contributed by atoms with E-state index in [4.69, 9.17) is 0 Å². The largest absolute Gasteiger partial charge is 0.394 e. The smallest absolute Gasteiger partial charge is 0.244 e. The number of nitrogens with one attached hydrogen (secondary N) is 2. The molecule has 6 atom stereocenters. The summed E-state index contributed by atoms with van der Waals surface area (Å²) < 4.78 is -1.02. The van der Waals surface area contributed by atoms with E-state index >= 15 is 0 Å². The molecule has 0 radical (unpaired) electrons. The van der Waals surface area contributed by atoms with Gasteiger partial charge in [0.1, 0.15) is 6.04 Å². The van der Waals surface area contributed by atoms with Crippen LogP contribution in [0.5, 0.6) is 0 Å². The van der Waals surface area contributed by atoms with Gasteiger partial charge in [0.15, 0.2) is 0 Å².